The molecule has 0 saturated heterocycles. The molecule has 0 unspecified atom stereocenters. The van der Waals surface area contributed by atoms with Gasteiger partial charge in [0.15, 0.2) is 11.5 Å². The van der Waals surface area contributed by atoms with Crippen LogP contribution in [0, 0.1) is 0 Å². The van der Waals surface area contributed by atoms with Gasteiger partial charge in [-0.1, -0.05) is 0 Å². The average molecular weight is 307 g/mol. The topological polar surface area (TPSA) is 76.1 Å². The minimum Gasteiger partial charge on any atom is -0.490 e. The Labute approximate surface area is 129 Å². The SMILES string of the molecule is CC(C)N(CCC(=O)O)C(=O)c1ccc2c(c1)OCCCO2. The van der Waals surface area contributed by atoms with E-state index in [-0.39, 0.29) is 24.9 Å². The van der Waals surface area contributed by atoms with Crippen molar-refractivity contribution in [1.29, 1.82) is 0 Å². The van der Waals surface area contributed by atoms with Crippen molar-refractivity contribution in [2.75, 3.05) is 19.8 Å². The van der Waals surface area contributed by atoms with E-state index in [0.29, 0.717) is 30.3 Å². The lowest BCUT2D eigenvalue weighted by Crippen LogP contribution is -2.38. The number of nitrogens with zero attached hydrogens (tertiary/aromatic N) is 1. The lowest BCUT2D eigenvalue weighted by molar-refractivity contribution is -0.137. The lowest BCUT2D eigenvalue weighted by Gasteiger charge is -2.26. The van der Waals surface area contributed by atoms with Crippen LogP contribution in [0.2, 0.25) is 0 Å². The number of benzene rings is 1. The Balaban J connectivity index is 2.19. The monoisotopic (exact) mass is 307 g/mol. The standard InChI is InChI=1S/C16H21NO5/c1-11(2)17(7-6-15(18)19)16(20)12-4-5-13-14(10-12)22-9-3-8-21-13/h4-5,10-11H,3,6-9H2,1-2H3,(H,18,19). The lowest BCUT2D eigenvalue weighted by atomic mass is 10.1. The van der Waals surface area contributed by atoms with Gasteiger partial charge < -0.3 is 19.5 Å². The highest BCUT2D eigenvalue weighted by molar-refractivity contribution is 5.95. The van der Waals surface area contributed by atoms with E-state index < -0.39 is 5.97 Å². The number of carboxylic acid groups (broad SMARTS) is 1. The number of amides is 1. The second kappa shape index (κ2) is 7.15. The normalized spacial score (nSPS) is 13.6. The minimum absolute atomic E-state index is 0.0749. The first-order valence-electron chi connectivity index (χ1n) is 7.41. The van der Waals surface area contributed by atoms with Crippen LogP contribution < -0.4 is 9.47 Å². The Morgan fingerprint density at radius 1 is 1.23 bits per heavy atom. The van der Waals surface area contributed by atoms with Gasteiger partial charge in [0.2, 0.25) is 0 Å². The van der Waals surface area contributed by atoms with Crippen LogP contribution in [-0.4, -0.2) is 47.7 Å². The van der Waals surface area contributed by atoms with Crippen molar-refractivity contribution in [2.24, 2.45) is 0 Å². The molecule has 1 N–H and O–H groups in total. The predicted octanol–water partition coefficient (Wildman–Crippen LogP) is 2.17. The summed E-state index contributed by atoms with van der Waals surface area (Å²) in [5.41, 5.74) is 0.475. The summed E-state index contributed by atoms with van der Waals surface area (Å²) in [6.45, 7) is 5.06. The maximum absolute atomic E-state index is 12.6. The van der Waals surface area contributed by atoms with Crippen LogP contribution in [0.1, 0.15) is 37.0 Å². The first-order chi connectivity index (χ1) is 10.5. The number of hydrogen-bond acceptors (Lipinski definition) is 4. The zero-order valence-electron chi connectivity index (χ0n) is 12.9. The van der Waals surface area contributed by atoms with E-state index in [1.165, 1.54) is 0 Å². The number of carbonyl (C=O) groups is 2. The number of hydrogen-bond donors (Lipinski definition) is 1. The van der Waals surface area contributed by atoms with Gasteiger partial charge >= 0.3 is 5.97 Å². The van der Waals surface area contributed by atoms with Crippen molar-refractivity contribution in [3.05, 3.63) is 23.8 Å². The highest BCUT2D eigenvalue weighted by Gasteiger charge is 2.21. The first kappa shape index (κ1) is 16.1. The molecule has 1 heterocycles. The van der Waals surface area contributed by atoms with E-state index in [1.54, 1.807) is 23.1 Å². The minimum atomic E-state index is -0.919. The Morgan fingerprint density at radius 2 is 1.91 bits per heavy atom. The van der Waals surface area contributed by atoms with Crippen LogP contribution in [0.25, 0.3) is 0 Å². The third-order valence-electron chi connectivity index (χ3n) is 3.45. The van der Waals surface area contributed by atoms with Crippen LogP contribution >= 0.6 is 0 Å². The van der Waals surface area contributed by atoms with Gasteiger partial charge in [-0.25, -0.2) is 0 Å². The number of carboxylic acids is 1. The van der Waals surface area contributed by atoms with Crippen LogP contribution in [0.3, 0.4) is 0 Å². The van der Waals surface area contributed by atoms with E-state index in [2.05, 4.69) is 0 Å². The third-order valence-corrected chi connectivity index (χ3v) is 3.45. The van der Waals surface area contributed by atoms with Crippen molar-refractivity contribution in [1.82, 2.24) is 4.90 Å². The molecule has 1 aromatic rings. The number of ether oxygens (including phenoxy) is 2. The highest BCUT2D eigenvalue weighted by atomic mass is 16.5. The van der Waals surface area contributed by atoms with Gasteiger partial charge in [0, 0.05) is 24.6 Å². The fourth-order valence-electron chi connectivity index (χ4n) is 2.27. The second-order valence-electron chi connectivity index (χ2n) is 5.45. The predicted molar refractivity (Wildman–Crippen MR) is 80.5 cm³/mol. The summed E-state index contributed by atoms with van der Waals surface area (Å²) in [7, 11) is 0. The van der Waals surface area contributed by atoms with Crippen molar-refractivity contribution in [3.63, 3.8) is 0 Å². The summed E-state index contributed by atoms with van der Waals surface area (Å²) >= 11 is 0. The van der Waals surface area contributed by atoms with E-state index in [4.69, 9.17) is 14.6 Å². The van der Waals surface area contributed by atoms with Gasteiger partial charge in [-0.2, -0.15) is 0 Å². The Hall–Kier alpha value is -2.24. The van der Waals surface area contributed by atoms with E-state index in [9.17, 15) is 9.59 Å². The molecule has 6 nitrogen and oxygen atoms in total. The molecule has 0 bridgehead atoms. The molecule has 1 amide bonds. The quantitative estimate of drug-likeness (QED) is 0.902. The molecule has 0 fully saturated rings. The van der Waals surface area contributed by atoms with E-state index in [0.717, 1.165) is 6.42 Å². The molecule has 0 atom stereocenters. The molecule has 22 heavy (non-hydrogen) atoms. The van der Waals surface area contributed by atoms with Gasteiger partial charge in [0.25, 0.3) is 5.91 Å². The second-order valence-corrected chi connectivity index (χ2v) is 5.45. The number of fused-ring (bicyclic) bond motifs is 1. The van der Waals surface area contributed by atoms with Crippen molar-refractivity contribution in [2.45, 2.75) is 32.7 Å². The van der Waals surface area contributed by atoms with Crippen molar-refractivity contribution in [3.8, 4) is 11.5 Å². The molecule has 0 aromatic heterocycles. The maximum atomic E-state index is 12.6. The van der Waals surface area contributed by atoms with Crippen LogP contribution in [0.15, 0.2) is 18.2 Å². The summed E-state index contributed by atoms with van der Waals surface area (Å²) in [6, 6.07) is 5.00. The maximum Gasteiger partial charge on any atom is 0.305 e. The first-order valence-corrected chi connectivity index (χ1v) is 7.41. The van der Waals surface area contributed by atoms with E-state index in [1.807, 2.05) is 13.8 Å². The summed E-state index contributed by atoms with van der Waals surface area (Å²) in [6.07, 6.45) is 0.725. The molecule has 1 aliphatic rings. The largest absolute Gasteiger partial charge is 0.490 e. The molecule has 2 rings (SSSR count). The van der Waals surface area contributed by atoms with Gasteiger partial charge in [-0.3, -0.25) is 9.59 Å². The summed E-state index contributed by atoms with van der Waals surface area (Å²) < 4.78 is 11.1. The molecule has 0 radical (unpaired) electrons. The number of aliphatic carboxylic acids is 1. The molecule has 120 valence electrons. The van der Waals surface area contributed by atoms with Gasteiger partial charge in [-0.15, -0.1) is 0 Å². The van der Waals surface area contributed by atoms with Crippen LogP contribution in [0.4, 0.5) is 0 Å². The molecule has 0 spiro atoms. The van der Waals surface area contributed by atoms with Crippen LogP contribution in [0.5, 0.6) is 11.5 Å². The molecule has 6 heteroatoms. The zero-order valence-corrected chi connectivity index (χ0v) is 12.9. The average Bonchev–Trinajstić information content (AvgIpc) is 2.70. The van der Waals surface area contributed by atoms with E-state index >= 15 is 0 Å². The highest BCUT2D eigenvalue weighted by Crippen LogP contribution is 2.31. The Bertz CT molecular complexity index is 555. The van der Waals surface area contributed by atoms with Crippen molar-refractivity contribution >= 4 is 11.9 Å². The van der Waals surface area contributed by atoms with Gasteiger partial charge in [-0.05, 0) is 32.0 Å². The summed E-state index contributed by atoms with van der Waals surface area (Å²) in [4.78, 5) is 24.9. The fraction of sp³-hybridized carbons (Fsp3) is 0.500. The molecular weight excluding hydrogens is 286 g/mol. The van der Waals surface area contributed by atoms with Crippen LogP contribution in [-0.2, 0) is 4.79 Å². The Morgan fingerprint density at radius 3 is 2.55 bits per heavy atom. The smallest absolute Gasteiger partial charge is 0.305 e. The zero-order chi connectivity index (χ0) is 16.1. The molecule has 0 aliphatic carbocycles. The fourth-order valence-corrected chi connectivity index (χ4v) is 2.27. The molecule has 0 saturated carbocycles. The molecule has 1 aliphatic heterocycles. The number of carbonyl (C=O) groups excluding carboxylic acids is 1. The molecule has 1 aromatic carbocycles. The third kappa shape index (κ3) is 3.90. The number of rotatable bonds is 5. The summed E-state index contributed by atoms with van der Waals surface area (Å²) in [5.74, 6) is 0.0741. The Kier molecular flexibility index (Phi) is 5.25. The van der Waals surface area contributed by atoms with Crippen molar-refractivity contribution < 1.29 is 24.2 Å². The molecular formula is C16H21NO5. The van der Waals surface area contributed by atoms with Gasteiger partial charge in [0.05, 0.1) is 19.6 Å². The van der Waals surface area contributed by atoms with Gasteiger partial charge in [0.1, 0.15) is 0 Å². The summed E-state index contributed by atoms with van der Waals surface area (Å²) in [5, 5.41) is 8.81.